The zero-order chi connectivity index (χ0) is 26.4. The molecule has 37 heavy (non-hydrogen) atoms. The molecule has 1 fully saturated rings. The number of aromatic nitrogens is 2. The molecule has 4 rings (SSSR count). The fourth-order valence-corrected chi connectivity index (χ4v) is 5.93. The van der Waals surface area contributed by atoms with E-state index in [0.29, 0.717) is 31.4 Å². The number of thioether (sulfide) groups is 1. The number of nitrogens with zero attached hydrogens (tertiary/aromatic N) is 4. The zero-order valence-electron chi connectivity index (χ0n) is 21.8. The van der Waals surface area contributed by atoms with Gasteiger partial charge in [0.05, 0.1) is 41.1 Å². The van der Waals surface area contributed by atoms with Gasteiger partial charge in [-0.05, 0) is 69.1 Å². The third-order valence-corrected chi connectivity index (χ3v) is 8.29. The van der Waals surface area contributed by atoms with Crippen LogP contribution in [0.1, 0.15) is 37.4 Å². The van der Waals surface area contributed by atoms with Gasteiger partial charge in [-0.3, -0.25) is 9.78 Å². The lowest BCUT2D eigenvalue weighted by atomic mass is 9.74. The summed E-state index contributed by atoms with van der Waals surface area (Å²) in [7, 11) is 5.44. The molecule has 3 aromatic rings. The second-order valence-electron chi connectivity index (χ2n) is 9.83. The number of ether oxygens (including phenoxy) is 1. The molecule has 0 aliphatic carbocycles. The monoisotopic (exact) mass is 524 g/mol. The summed E-state index contributed by atoms with van der Waals surface area (Å²) in [6, 6.07) is 11.5. The van der Waals surface area contributed by atoms with E-state index in [1.807, 2.05) is 55.4 Å². The SMILES string of the molecule is COc1ccc2ncc(N(C)C)c([C@@H](O)CCC3(C(=O)O)CCN(CCSc4ccccn4)CC3)c2c1. The summed E-state index contributed by atoms with van der Waals surface area (Å²) in [5, 5.41) is 23.5. The van der Waals surface area contributed by atoms with Crippen molar-refractivity contribution >= 4 is 34.3 Å². The summed E-state index contributed by atoms with van der Waals surface area (Å²) < 4.78 is 5.41. The average Bonchev–Trinajstić information content (AvgIpc) is 2.91. The van der Waals surface area contributed by atoms with Crippen LogP contribution in [0.3, 0.4) is 0 Å². The van der Waals surface area contributed by atoms with Crippen molar-refractivity contribution in [2.24, 2.45) is 5.41 Å². The van der Waals surface area contributed by atoms with Crippen LogP contribution in [-0.4, -0.2) is 77.6 Å². The number of anilines is 1. The normalized spacial score (nSPS) is 16.4. The number of hydrogen-bond acceptors (Lipinski definition) is 8. The Morgan fingerprint density at radius 2 is 2.00 bits per heavy atom. The van der Waals surface area contributed by atoms with Crippen LogP contribution in [0, 0.1) is 5.41 Å². The van der Waals surface area contributed by atoms with Gasteiger partial charge in [0.1, 0.15) is 5.75 Å². The van der Waals surface area contributed by atoms with Crippen molar-refractivity contribution in [1.82, 2.24) is 14.9 Å². The Morgan fingerprint density at radius 1 is 1.22 bits per heavy atom. The first-order chi connectivity index (χ1) is 17.8. The number of carboxylic acids is 1. The molecule has 0 spiro atoms. The van der Waals surface area contributed by atoms with Crippen LogP contribution in [0.4, 0.5) is 5.69 Å². The van der Waals surface area contributed by atoms with Crippen molar-refractivity contribution in [1.29, 1.82) is 0 Å². The molecule has 2 N–H and O–H groups in total. The zero-order valence-corrected chi connectivity index (χ0v) is 22.6. The number of carbonyl (C=O) groups is 1. The number of piperidine rings is 1. The minimum atomic E-state index is -0.829. The summed E-state index contributed by atoms with van der Waals surface area (Å²) in [5.41, 5.74) is 1.52. The van der Waals surface area contributed by atoms with Gasteiger partial charge in [0, 0.05) is 43.5 Å². The lowest BCUT2D eigenvalue weighted by Gasteiger charge is -2.39. The summed E-state index contributed by atoms with van der Waals surface area (Å²) in [6.45, 7) is 2.38. The fraction of sp³-hybridized carbons (Fsp3) is 0.464. The molecular weight excluding hydrogens is 488 g/mol. The van der Waals surface area contributed by atoms with Crippen molar-refractivity contribution in [3.63, 3.8) is 0 Å². The van der Waals surface area contributed by atoms with E-state index in [1.165, 1.54) is 0 Å². The standard InChI is InChI=1S/C28H36N4O4S/c1-31(2)23-19-30-22-8-7-20(36-3)18-21(22)26(23)24(33)9-10-28(27(34)35)11-14-32(15-12-28)16-17-37-25-6-4-5-13-29-25/h4-8,13,18-19,24,33H,9-12,14-17H2,1-3H3,(H,34,35)/t24-/m0/s1. The summed E-state index contributed by atoms with van der Waals surface area (Å²) in [6.07, 6.45) is 4.68. The van der Waals surface area contributed by atoms with Crippen molar-refractivity contribution < 1.29 is 19.7 Å². The topological polar surface area (TPSA) is 99.0 Å². The van der Waals surface area contributed by atoms with Crippen molar-refractivity contribution in [2.75, 3.05) is 51.5 Å². The third-order valence-electron chi connectivity index (χ3n) is 7.37. The first-order valence-corrected chi connectivity index (χ1v) is 13.6. The second-order valence-corrected chi connectivity index (χ2v) is 10.9. The van der Waals surface area contributed by atoms with Gasteiger partial charge in [-0.2, -0.15) is 0 Å². The highest BCUT2D eigenvalue weighted by Crippen LogP contribution is 2.41. The maximum absolute atomic E-state index is 12.5. The molecule has 0 amide bonds. The van der Waals surface area contributed by atoms with Crippen molar-refractivity contribution in [2.45, 2.75) is 36.8 Å². The second kappa shape index (κ2) is 12.1. The van der Waals surface area contributed by atoms with Crippen LogP contribution in [0.15, 0.2) is 53.8 Å². The molecule has 3 heterocycles. The number of likely N-dealkylation sites (tertiary alicyclic amines) is 1. The Morgan fingerprint density at radius 3 is 2.65 bits per heavy atom. The van der Waals surface area contributed by atoms with E-state index in [1.54, 1.807) is 31.3 Å². The Bertz CT molecular complexity index is 1200. The molecule has 0 unspecified atom stereocenters. The Kier molecular flexibility index (Phi) is 8.89. The van der Waals surface area contributed by atoms with Gasteiger partial charge in [0.15, 0.2) is 0 Å². The number of aliphatic hydroxyl groups is 1. The smallest absolute Gasteiger partial charge is 0.309 e. The molecule has 198 valence electrons. The minimum absolute atomic E-state index is 0.360. The first-order valence-electron chi connectivity index (χ1n) is 12.6. The average molecular weight is 525 g/mol. The summed E-state index contributed by atoms with van der Waals surface area (Å²) in [4.78, 5) is 25.6. The van der Waals surface area contributed by atoms with Crippen molar-refractivity contribution in [3.05, 3.63) is 54.4 Å². The van der Waals surface area contributed by atoms with Gasteiger partial charge in [-0.1, -0.05) is 6.07 Å². The molecule has 0 radical (unpaired) electrons. The van der Waals surface area contributed by atoms with Crippen LogP contribution in [0.5, 0.6) is 5.75 Å². The predicted molar refractivity (Wildman–Crippen MR) is 148 cm³/mol. The quantitative estimate of drug-likeness (QED) is 0.352. The van der Waals surface area contributed by atoms with E-state index in [9.17, 15) is 15.0 Å². The highest BCUT2D eigenvalue weighted by atomic mass is 32.2. The number of pyridine rings is 2. The van der Waals surface area contributed by atoms with Crippen LogP contribution in [0.25, 0.3) is 10.9 Å². The molecule has 9 heteroatoms. The van der Waals surface area contributed by atoms with E-state index in [-0.39, 0.29) is 0 Å². The van der Waals surface area contributed by atoms with Gasteiger partial charge < -0.3 is 24.7 Å². The van der Waals surface area contributed by atoms with Gasteiger partial charge in [0.25, 0.3) is 0 Å². The lowest BCUT2D eigenvalue weighted by Crippen LogP contribution is -2.45. The molecule has 0 saturated carbocycles. The first kappa shape index (κ1) is 27.2. The molecule has 1 saturated heterocycles. The number of methoxy groups -OCH3 is 1. The molecule has 2 aromatic heterocycles. The minimum Gasteiger partial charge on any atom is -0.497 e. The Balaban J connectivity index is 1.43. The lowest BCUT2D eigenvalue weighted by molar-refractivity contribution is -0.153. The molecule has 1 aliphatic rings. The van der Waals surface area contributed by atoms with E-state index in [0.717, 1.165) is 52.6 Å². The number of benzene rings is 1. The highest BCUT2D eigenvalue weighted by Gasteiger charge is 2.41. The van der Waals surface area contributed by atoms with Crippen LogP contribution < -0.4 is 9.64 Å². The Labute approximate surface area is 222 Å². The van der Waals surface area contributed by atoms with E-state index >= 15 is 0 Å². The number of hydrogen-bond donors (Lipinski definition) is 2. The summed E-state index contributed by atoms with van der Waals surface area (Å²) in [5.74, 6) is 0.840. The van der Waals surface area contributed by atoms with E-state index in [4.69, 9.17) is 4.74 Å². The summed E-state index contributed by atoms with van der Waals surface area (Å²) >= 11 is 1.72. The number of aliphatic carboxylic acids is 1. The number of carboxylic acid groups (broad SMARTS) is 1. The largest absolute Gasteiger partial charge is 0.497 e. The molecule has 1 atom stereocenters. The maximum Gasteiger partial charge on any atom is 0.309 e. The van der Waals surface area contributed by atoms with Gasteiger partial charge in [-0.25, -0.2) is 4.98 Å². The van der Waals surface area contributed by atoms with E-state index < -0.39 is 17.5 Å². The van der Waals surface area contributed by atoms with Gasteiger partial charge in [-0.15, -0.1) is 11.8 Å². The molecule has 1 aromatic carbocycles. The number of aliphatic hydroxyl groups excluding tert-OH is 1. The maximum atomic E-state index is 12.5. The number of rotatable bonds is 11. The van der Waals surface area contributed by atoms with E-state index in [2.05, 4.69) is 14.9 Å². The predicted octanol–water partition coefficient (Wildman–Crippen LogP) is 4.48. The molecule has 1 aliphatic heterocycles. The van der Waals surface area contributed by atoms with Gasteiger partial charge in [0.2, 0.25) is 0 Å². The van der Waals surface area contributed by atoms with Crippen molar-refractivity contribution in [3.8, 4) is 5.75 Å². The molecule has 0 bridgehead atoms. The Hall–Kier alpha value is -2.88. The van der Waals surface area contributed by atoms with Crippen LogP contribution in [-0.2, 0) is 4.79 Å². The third kappa shape index (κ3) is 6.34. The molecular formula is C28H36N4O4S. The van der Waals surface area contributed by atoms with Crippen LogP contribution in [0.2, 0.25) is 0 Å². The fourth-order valence-electron chi connectivity index (χ4n) is 5.06. The van der Waals surface area contributed by atoms with Crippen LogP contribution >= 0.6 is 11.8 Å². The highest BCUT2D eigenvalue weighted by molar-refractivity contribution is 7.99. The molecule has 8 nitrogen and oxygen atoms in total. The number of fused-ring (bicyclic) bond motifs is 1. The van der Waals surface area contributed by atoms with Gasteiger partial charge >= 0.3 is 5.97 Å².